The van der Waals surface area contributed by atoms with Crippen molar-refractivity contribution in [3.63, 3.8) is 0 Å². The molecule has 0 unspecified atom stereocenters. The zero-order valence-electron chi connectivity index (χ0n) is 19.2. The Bertz CT molecular complexity index is 934. The molecule has 2 amide bonds. The number of nitrogens with one attached hydrogen (secondary N) is 1. The number of pyridine rings is 1. The Morgan fingerprint density at radius 1 is 1.03 bits per heavy atom. The third kappa shape index (κ3) is 6.88. The van der Waals surface area contributed by atoms with Crippen LogP contribution >= 0.6 is 0 Å². The minimum atomic E-state index is -3.72. The second kappa shape index (κ2) is 12.1. The summed E-state index contributed by atoms with van der Waals surface area (Å²) >= 11 is 0. The predicted octanol–water partition coefficient (Wildman–Crippen LogP) is -0.0607. The lowest BCUT2D eigenvalue weighted by Gasteiger charge is -2.34. The fourth-order valence-corrected chi connectivity index (χ4v) is 5.04. The summed E-state index contributed by atoms with van der Waals surface area (Å²) in [6.07, 6.45) is 3.21. The van der Waals surface area contributed by atoms with Crippen LogP contribution < -0.4 is 10.9 Å². The van der Waals surface area contributed by atoms with Crippen LogP contribution in [0.1, 0.15) is 33.6 Å². The number of hydrogen-bond acceptors (Lipinski definition) is 6. The standard InChI is InChI=1S/C21H35N5O5S/c1-4-7-10-22-19(27)16-23-11-13-24(14-12-23)21(29)17-25-15-18(8-9-20(25)28)32(30,31)26(5-2)6-3/h8-9,15H,4-7,10-14,16-17H2,1-3H3,(H,22,27). The Hall–Kier alpha value is -2.24. The fourth-order valence-electron chi connectivity index (χ4n) is 3.56. The van der Waals surface area contributed by atoms with Gasteiger partial charge in [0.05, 0.1) is 11.4 Å². The van der Waals surface area contributed by atoms with Crippen molar-refractivity contribution in [3.05, 3.63) is 28.7 Å². The van der Waals surface area contributed by atoms with Crippen molar-refractivity contribution < 1.29 is 18.0 Å². The highest BCUT2D eigenvalue weighted by atomic mass is 32.2. The van der Waals surface area contributed by atoms with Crippen LogP contribution in [0.4, 0.5) is 0 Å². The maximum atomic E-state index is 12.7. The normalized spacial score (nSPS) is 15.2. The van der Waals surface area contributed by atoms with Crippen LogP contribution in [-0.2, 0) is 26.2 Å². The first-order valence-electron chi connectivity index (χ1n) is 11.2. The largest absolute Gasteiger partial charge is 0.355 e. The van der Waals surface area contributed by atoms with Gasteiger partial charge in [-0.05, 0) is 12.5 Å². The highest BCUT2D eigenvalue weighted by molar-refractivity contribution is 7.89. The lowest BCUT2D eigenvalue weighted by Crippen LogP contribution is -2.52. The van der Waals surface area contributed by atoms with Crippen LogP contribution in [-0.4, -0.2) is 91.3 Å². The van der Waals surface area contributed by atoms with Crippen molar-refractivity contribution in [1.29, 1.82) is 0 Å². The molecule has 11 heteroatoms. The molecule has 0 spiro atoms. The zero-order chi connectivity index (χ0) is 23.7. The molecule has 1 fully saturated rings. The topological polar surface area (TPSA) is 112 Å². The number of rotatable bonds is 11. The minimum Gasteiger partial charge on any atom is -0.355 e. The molecule has 1 N–H and O–H groups in total. The van der Waals surface area contributed by atoms with Crippen LogP contribution in [0.25, 0.3) is 0 Å². The van der Waals surface area contributed by atoms with Gasteiger partial charge in [0.1, 0.15) is 6.54 Å². The molecule has 32 heavy (non-hydrogen) atoms. The number of unbranched alkanes of at least 4 members (excludes halogenated alkanes) is 1. The van der Waals surface area contributed by atoms with E-state index in [-0.39, 0.29) is 23.3 Å². The molecular weight excluding hydrogens is 434 g/mol. The summed E-state index contributed by atoms with van der Waals surface area (Å²) in [4.78, 5) is 40.6. The Balaban J connectivity index is 1.96. The van der Waals surface area contributed by atoms with E-state index >= 15 is 0 Å². The van der Waals surface area contributed by atoms with E-state index in [9.17, 15) is 22.8 Å². The van der Waals surface area contributed by atoms with Gasteiger partial charge in [-0.1, -0.05) is 27.2 Å². The van der Waals surface area contributed by atoms with Crippen molar-refractivity contribution >= 4 is 21.8 Å². The number of carbonyl (C=O) groups excluding carboxylic acids is 2. The summed E-state index contributed by atoms with van der Waals surface area (Å²) in [5.74, 6) is -0.271. The quantitative estimate of drug-likeness (QED) is 0.455. The van der Waals surface area contributed by atoms with Gasteiger partial charge in [-0.15, -0.1) is 0 Å². The van der Waals surface area contributed by atoms with E-state index in [1.807, 2.05) is 4.90 Å². The van der Waals surface area contributed by atoms with E-state index in [0.717, 1.165) is 17.4 Å². The van der Waals surface area contributed by atoms with Gasteiger partial charge in [-0.3, -0.25) is 19.3 Å². The molecule has 0 radical (unpaired) electrons. The van der Waals surface area contributed by atoms with Crippen molar-refractivity contribution in [2.45, 2.75) is 45.1 Å². The Kier molecular flexibility index (Phi) is 9.85. The summed E-state index contributed by atoms with van der Waals surface area (Å²) in [6.45, 7) is 8.98. The van der Waals surface area contributed by atoms with Crippen LogP contribution in [0, 0.1) is 0 Å². The number of nitrogens with zero attached hydrogens (tertiary/aromatic N) is 4. The van der Waals surface area contributed by atoms with Gasteiger partial charge in [0.2, 0.25) is 21.8 Å². The number of hydrogen-bond donors (Lipinski definition) is 1. The maximum absolute atomic E-state index is 12.7. The molecule has 1 aromatic heterocycles. The first-order valence-corrected chi connectivity index (χ1v) is 12.6. The van der Waals surface area contributed by atoms with Crippen molar-refractivity contribution in [2.24, 2.45) is 0 Å². The highest BCUT2D eigenvalue weighted by Crippen LogP contribution is 2.14. The summed E-state index contributed by atoms with van der Waals surface area (Å²) < 4.78 is 27.9. The number of sulfonamides is 1. The SMILES string of the molecule is CCCCNC(=O)CN1CCN(C(=O)Cn2cc(S(=O)(=O)N(CC)CC)ccc2=O)CC1. The molecule has 1 aliphatic heterocycles. The second-order valence-electron chi connectivity index (χ2n) is 7.78. The first-order chi connectivity index (χ1) is 15.2. The van der Waals surface area contributed by atoms with E-state index < -0.39 is 15.6 Å². The Labute approximate surface area is 190 Å². The van der Waals surface area contributed by atoms with Crippen LogP contribution in [0.15, 0.2) is 28.0 Å². The molecule has 0 aromatic carbocycles. The highest BCUT2D eigenvalue weighted by Gasteiger charge is 2.25. The average molecular weight is 470 g/mol. The van der Waals surface area contributed by atoms with Gasteiger partial charge < -0.3 is 14.8 Å². The smallest absolute Gasteiger partial charge is 0.251 e. The van der Waals surface area contributed by atoms with E-state index in [4.69, 9.17) is 0 Å². The third-order valence-electron chi connectivity index (χ3n) is 5.55. The molecule has 2 rings (SSSR count). The number of piperazine rings is 1. The lowest BCUT2D eigenvalue weighted by molar-refractivity contribution is -0.134. The number of amides is 2. The molecule has 1 saturated heterocycles. The summed E-state index contributed by atoms with van der Waals surface area (Å²) in [5.41, 5.74) is -0.431. The molecule has 180 valence electrons. The molecular formula is C21H35N5O5S. The zero-order valence-corrected chi connectivity index (χ0v) is 20.1. The lowest BCUT2D eigenvalue weighted by atomic mass is 10.3. The molecule has 10 nitrogen and oxygen atoms in total. The fraction of sp³-hybridized carbons (Fsp3) is 0.667. The number of carbonyl (C=O) groups is 2. The Morgan fingerprint density at radius 2 is 1.69 bits per heavy atom. The van der Waals surface area contributed by atoms with Gasteiger partial charge >= 0.3 is 0 Å². The molecule has 2 heterocycles. The van der Waals surface area contributed by atoms with Gasteiger partial charge in [0.25, 0.3) is 5.56 Å². The molecule has 0 saturated carbocycles. The Morgan fingerprint density at radius 3 is 2.28 bits per heavy atom. The summed E-state index contributed by atoms with van der Waals surface area (Å²) in [7, 11) is -3.72. The van der Waals surface area contributed by atoms with Gasteiger partial charge in [-0.25, -0.2) is 8.42 Å². The van der Waals surface area contributed by atoms with Gasteiger partial charge in [-0.2, -0.15) is 4.31 Å². The monoisotopic (exact) mass is 469 g/mol. The molecule has 1 aliphatic rings. The predicted molar refractivity (Wildman–Crippen MR) is 122 cm³/mol. The van der Waals surface area contributed by atoms with Crippen LogP contribution in [0.3, 0.4) is 0 Å². The summed E-state index contributed by atoms with van der Waals surface area (Å²) in [6, 6.07) is 2.46. The van der Waals surface area contributed by atoms with Gasteiger partial charge in [0, 0.05) is 58.1 Å². The van der Waals surface area contributed by atoms with Crippen molar-refractivity contribution in [1.82, 2.24) is 24.0 Å². The first kappa shape index (κ1) is 26.0. The van der Waals surface area contributed by atoms with Gasteiger partial charge in [0.15, 0.2) is 0 Å². The molecule has 0 atom stereocenters. The third-order valence-corrected chi connectivity index (χ3v) is 7.58. The van der Waals surface area contributed by atoms with E-state index in [1.165, 1.54) is 22.6 Å². The van der Waals surface area contributed by atoms with E-state index in [2.05, 4.69) is 12.2 Å². The van der Waals surface area contributed by atoms with E-state index in [0.29, 0.717) is 52.4 Å². The van der Waals surface area contributed by atoms with Crippen molar-refractivity contribution in [2.75, 3.05) is 52.4 Å². The maximum Gasteiger partial charge on any atom is 0.251 e. The molecule has 0 aliphatic carbocycles. The number of aromatic nitrogens is 1. The van der Waals surface area contributed by atoms with Crippen LogP contribution in [0.2, 0.25) is 0 Å². The second-order valence-corrected chi connectivity index (χ2v) is 9.72. The van der Waals surface area contributed by atoms with E-state index in [1.54, 1.807) is 18.7 Å². The molecule has 0 bridgehead atoms. The molecule has 1 aromatic rings. The van der Waals surface area contributed by atoms with Crippen LogP contribution in [0.5, 0.6) is 0 Å². The average Bonchev–Trinajstić information content (AvgIpc) is 2.76. The van der Waals surface area contributed by atoms with Crippen molar-refractivity contribution in [3.8, 4) is 0 Å². The minimum absolute atomic E-state index is 0.00694. The summed E-state index contributed by atoms with van der Waals surface area (Å²) in [5, 5.41) is 2.89.